The highest BCUT2D eigenvalue weighted by Gasteiger charge is 2.22. The van der Waals surface area contributed by atoms with Crippen LogP contribution in [0.3, 0.4) is 0 Å². The maximum absolute atomic E-state index is 12.5. The molecule has 4 rings (SSSR count). The van der Waals surface area contributed by atoms with Crippen LogP contribution in [0.5, 0.6) is 0 Å². The monoisotopic (exact) mass is 456 g/mol. The molecule has 3 aromatic rings. The van der Waals surface area contributed by atoms with Gasteiger partial charge in [0.15, 0.2) is 11.0 Å². The number of hydrogen-bond acceptors (Lipinski definition) is 5. The summed E-state index contributed by atoms with van der Waals surface area (Å²) in [4.78, 5) is 12.5. The second-order valence-electron chi connectivity index (χ2n) is 7.55. The zero-order chi connectivity index (χ0) is 21.6. The molecule has 2 unspecified atom stereocenters. The minimum atomic E-state index is -0.0521. The van der Waals surface area contributed by atoms with Crippen LogP contribution < -0.4 is 5.32 Å². The molecule has 0 bridgehead atoms. The minimum Gasteiger partial charge on any atom is -0.376 e. The maximum Gasteiger partial charge on any atom is 0.230 e. The Labute approximate surface area is 191 Å². The molecule has 1 aliphatic rings. The lowest BCUT2D eigenvalue weighted by Gasteiger charge is -2.16. The summed E-state index contributed by atoms with van der Waals surface area (Å²) in [6.07, 6.45) is 2.20. The SMILES string of the molecule is CC(NC(=O)CSc1nnc(-c2ccc(Cl)cc2)n1CC1CCCO1)c1ccccc1. The molecule has 1 saturated heterocycles. The van der Waals surface area contributed by atoms with Gasteiger partial charge in [-0.25, -0.2) is 0 Å². The van der Waals surface area contributed by atoms with Crippen LogP contribution >= 0.6 is 23.4 Å². The second kappa shape index (κ2) is 10.3. The van der Waals surface area contributed by atoms with Crippen LogP contribution in [0.4, 0.5) is 0 Å². The fraction of sp³-hybridized carbons (Fsp3) is 0.348. The lowest BCUT2D eigenvalue weighted by molar-refractivity contribution is -0.119. The average molecular weight is 457 g/mol. The van der Waals surface area contributed by atoms with E-state index in [1.165, 1.54) is 11.8 Å². The van der Waals surface area contributed by atoms with Crippen molar-refractivity contribution in [2.75, 3.05) is 12.4 Å². The predicted octanol–water partition coefficient (Wildman–Crippen LogP) is 4.75. The normalized spacial score (nSPS) is 16.9. The van der Waals surface area contributed by atoms with Crippen molar-refractivity contribution < 1.29 is 9.53 Å². The second-order valence-corrected chi connectivity index (χ2v) is 8.93. The number of thioether (sulfide) groups is 1. The van der Waals surface area contributed by atoms with E-state index in [4.69, 9.17) is 16.3 Å². The first kappa shape index (κ1) is 21.9. The third-order valence-electron chi connectivity index (χ3n) is 5.24. The Bertz CT molecular complexity index is 1000. The topological polar surface area (TPSA) is 69.0 Å². The number of rotatable bonds is 8. The van der Waals surface area contributed by atoms with Gasteiger partial charge in [-0.15, -0.1) is 10.2 Å². The molecule has 1 aromatic heterocycles. The highest BCUT2D eigenvalue weighted by molar-refractivity contribution is 7.99. The molecule has 0 spiro atoms. The van der Waals surface area contributed by atoms with E-state index in [2.05, 4.69) is 20.1 Å². The van der Waals surface area contributed by atoms with Gasteiger partial charge in [0.05, 0.1) is 24.4 Å². The van der Waals surface area contributed by atoms with E-state index in [1.54, 1.807) is 0 Å². The molecule has 1 fully saturated rings. The largest absolute Gasteiger partial charge is 0.376 e. The molecule has 2 aromatic carbocycles. The van der Waals surface area contributed by atoms with Crippen molar-refractivity contribution in [2.45, 2.75) is 43.6 Å². The molecular weight excluding hydrogens is 432 g/mol. The van der Waals surface area contributed by atoms with Crippen LogP contribution in [0.15, 0.2) is 59.8 Å². The van der Waals surface area contributed by atoms with Gasteiger partial charge in [0.25, 0.3) is 0 Å². The van der Waals surface area contributed by atoms with Gasteiger partial charge in [-0.1, -0.05) is 53.7 Å². The summed E-state index contributed by atoms with van der Waals surface area (Å²) in [5, 5.41) is 13.2. The molecular formula is C23H25ClN4O2S. The Balaban J connectivity index is 1.46. The first-order chi connectivity index (χ1) is 15.1. The quantitative estimate of drug-likeness (QED) is 0.495. The van der Waals surface area contributed by atoms with E-state index in [1.807, 2.05) is 61.5 Å². The third-order valence-corrected chi connectivity index (χ3v) is 6.46. The Morgan fingerprint density at radius 3 is 2.71 bits per heavy atom. The van der Waals surface area contributed by atoms with Crippen molar-refractivity contribution in [3.63, 3.8) is 0 Å². The van der Waals surface area contributed by atoms with Gasteiger partial charge < -0.3 is 10.1 Å². The number of carbonyl (C=O) groups is 1. The van der Waals surface area contributed by atoms with Crippen LogP contribution in [0.2, 0.25) is 5.02 Å². The van der Waals surface area contributed by atoms with Crippen LogP contribution in [-0.2, 0) is 16.1 Å². The van der Waals surface area contributed by atoms with Gasteiger partial charge in [0.1, 0.15) is 0 Å². The predicted molar refractivity (Wildman–Crippen MR) is 123 cm³/mol. The first-order valence-corrected chi connectivity index (χ1v) is 11.7. The number of nitrogens with one attached hydrogen (secondary N) is 1. The Kier molecular flexibility index (Phi) is 7.27. The summed E-state index contributed by atoms with van der Waals surface area (Å²) < 4.78 is 7.89. The van der Waals surface area contributed by atoms with Crippen LogP contribution in [0.25, 0.3) is 11.4 Å². The van der Waals surface area contributed by atoms with Crippen molar-refractivity contribution in [1.82, 2.24) is 20.1 Å². The van der Waals surface area contributed by atoms with Gasteiger partial charge in [0.2, 0.25) is 5.91 Å². The van der Waals surface area contributed by atoms with Crippen molar-refractivity contribution in [1.29, 1.82) is 0 Å². The van der Waals surface area contributed by atoms with Crippen LogP contribution in [-0.4, -0.2) is 39.1 Å². The van der Waals surface area contributed by atoms with E-state index in [9.17, 15) is 4.79 Å². The molecule has 8 heteroatoms. The molecule has 0 saturated carbocycles. The number of amides is 1. The van der Waals surface area contributed by atoms with E-state index in [0.29, 0.717) is 16.7 Å². The van der Waals surface area contributed by atoms with Gasteiger partial charge in [-0.3, -0.25) is 9.36 Å². The van der Waals surface area contributed by atoms with E-state index in [-0.39, 0.29) is 23.8 Å². The summed E-state index contributed by atoms with van der Waals surface area (Å²) in [7, 11) is 0. The molecule has 2 atom stereocenters. The van der Waals surface area contributed by atoms with Gasteiger partial charge in [-0.05, 0) is 49.6 Å². The molecule has 6 nitrogen and oxygen atoms in total. The summed E-state index contributed by atoms with van der Waals surface area (Å²) in [6.45, 7) is 3.43. The Morgan fingerprint density at radius 2 is 2.00 bits per heavy atom. The van der Waals surface area contributed by atoms with Crippen molar-refractivity contribution in [3.05, 3.63) is 65.2 Å². The van der Waals surface area contributed by atoms with Crippen LogP contribution in [0.1, 0.15) is 31.4 Å². The summed E-state index contributed by atoms with van der Waals surface area (Å²) in [6, 6.07) is 17.4. The zero-order valence-electron chi connectivity index (χ0n) is 17.3. The molecule has 1 amide bonds. The molecule has 31 heavy (non-hydrogen) atoms. The smallest absolute Gasteiger partial charge is 0.230 e. The van der Waals surface area contributed by atoms with Crippen LogP contribution in [0, 0.1) is 0 Å². The first-order valence-electron chi connectivity index (χ1n) is 10.4. The molecule has 0 radical (unpaired) electrons. The number of benzene rings is 2. The summed E-state index contributed by atoms with van der Waals surface area (Å²) >= 11 is 7.43. The number of aromatic nitrogens is 3. The number of nitrogens with zero attached hydrogens (tertiary/aromatic N) is 3. The highest BCUT2D eigenvalue weighted by Crippen LogP contribution is 2.27. The lowest BCUT2D eigenvalue weighted by atomic mass is 10.1. The molecule has 2 heterocycles. The van der Waals surface area contributed by atoms with Crippen molar-refractivity contribution in [2.24, 2.45) is 0 Å². The van der Waals surface area contributed by atoms with Gasteiger partial charge in [0, 0.05) is 17.2 Å². The fourth-order valence-corrected chi connectivity index (χ4v) is 4.49. The number of carbonyl (C=O) groups excluding carboxylic acids is 1. The van der Waals surface area contributed by atoms with Gasteiger partial charge in [-0.2, -0.15) is 0 Å². The molecule has 0 aliphatic carbocycles. The minimum absolute atomic E-state index is 0.0407. The third kappa shape index (κ3) is 5.67. The van der Waals surface area contributed by atoms with E-state index >= 15 is 0 Å². The molecule has 1 aliphatic heterocycles. The highest BCUT2D eigenvalue weighted by atomic mass is 35.5. The Hall–Kier alpha value is -2.35. The van der Waals surface area contributed by atoms with Crippen molar-refractivity contribution >= 4 is 29.3 Å². The maximum atomic E-state index is 12.5. The fourth-order valence-electron chi connectivity index (χ4n) is 3.60. The lowest BCUT2D eigenvalue weighted by Crippen LogP contribution is -2.28. The van der Waals surface area contributed by atoms with E-state index in [0.717, 1.165) is 36.4 Å². The number of halogens is 1. The molecule has 1 N–H and O–H groups in total. The molecule has 162 valence electrons. The zero-order valence-corrected chi connectivity index (χ0v) is 18.9. The van der Waals surface area contributed by atoms with E-state index < -0.39 is 0 Å². The van der Waals surface area contributed by atoms with Gasteiger partial charge >= 0.3 is 0 Å². The van der Waals surface area contributed by atoms with Crippen molar-refractivity contribution in [3.8, 4) is 11.4 Å². The summed E-state index contributed by atoms with van der Waals surface area (Å²) in [5.74, 6) is 0.982. The average Bonchev–Trinajstić information content (AvgIpc) is 3.44. The number of hydrogen-bond donors (Lipinski definition) is 1. The Morgan fingerprint density at radius 1 is 1.23 bits per heavy atom. The standard InChI is InChI=1S/C23H25ClN4O2S/c1-16(17-6-3-2-4-7-17)25-21(29)15-31-23-27-26-22(18-9-11-19(24)12-10-18)28(23)14-20-8-5-13-30-20/h2-4,6-7,9-12,16,20H,5,8,13-15H2,1H3,(H,25,29). The summed E-state index contributed by atoms with van der Waals surface area (Å²) in [5.41, 5.74) is 2.01. The number of ether oxygens (including phenoxy) is 1.